The molecule has 0 saturated heterocycles. The van der Waals surface area contributed by atoms with E-state index >= 15 is 0 Å². The van der Waals surface area contributed by atoms with Crippen LogP contribution < -0.4 is 0 Å². The molecular formula is C19H24Cl2Zr. The minimum absolute atomic E-state index is 0. The average Bonchev–Trinajstić information content (AvgIpc) is 2.96. The molecule has 3 rings (SSSR count). The fourth-order valence-corrected chi connectivity index (χ4v) is 7.54. The first-order chi connectivity index (χ1) is 9.62. The van der Waals surface area contributed by atoms with Gasteiger partial charge in [0.25, 0.3) is 0 Å². The smallest absolute Gasteiger partial charge is 0.147 e. The Kier molecular flexibility index (Phi) is 7.38. The normalized spacial score (nSPS) is 21.4. The van der Waals surface area contributed by atoms with Crippen molar-refractivity contribution in [3.8, 4) is 0 Å². The Morgan fingerprint density at radius 2 is 1.95 bits per heavy atom. The Bertz CT molecular complexity index is 628. The van der Waals surface area contributed by atoms with Crippen molar-refractivity contribution in [2.45, 2.75) is 43.2 Å². The molecule has 0 N–H and O–H groups in total. The van der Waals surface area contributed by atoms with Gasteiger partial charge in [0, 0.05) is 0 Å². The van der Waals surface area contributed by atoms with Crippen LogP contribution in [0.15, 0.2) is 45.3 Å². The summed E-state index contributed by atoms with van der Waals surface area (Å²) in [5, 5.41) is 0. The van der Waals surface area contributed by atoms with Gasteiger partial charge in [0.15, 0.2) is 0 Å². The van der Waals surface area contributed by atoms with Crippen LogP contribution in [-0.4, -0.2) is 0 Å². The maximum atomic E-state index is 2.48. The molecule has 1 aromatic carbocycles. The number of halogens is 2. The molecule has 0 bridgehead atoms. The second kappa shape index (κ2) is 8.14. The van der Waals surface area contributed by atoms with Crippen LogP contribution in [-0.2, 0) is 26.4 Å². The van der Waals surface area contributed by atoms with Gasteiger partial charge in [-0.05, 0) is 0 Å². The van der Waals surface area contributed by atoms with Crippen molar-refractivity contribution in [1.82, 2.24) is 0 Å². The molecule has 0 aromatic heterocycles. The predicted molar refractivity (Wildman–Crippen MR) is 97.8 cm³/mol. The van der Waals surface area contributed by atoms with Crippen molar-refractivity contribution in [1.29, 1.82) is 0 Å². The second-order valence-corrected chi connectivity index (χ2v) is 10.8. The van der Waals surface area contributed by atoms with Gasteiger partial charge in [-0.15, -0.1) is 24.8 Å². The zero-order chi connectivity index (χ0) is 14.2. The first kappa shape index (κ1) is 19.9. The van der Waals surface area contributed by atoms with Crippen LogP contribution in [0.5, 0.6) is 0 Å². The van der Waals surface area contributed by atoms with Gasteiger partial charge in [-0.1, -0.05) is 0 Å². The fraction of sp³-hybridized carbons (Fsp3) is 0.368. The molecule has 1 unspecified atom stereocenters. The molecule has 1 aromatic rings. The molecule has 118 valence electrons. The van der Waals surface area contributed by atoms with E-state index in [0.29, 0.717) is 3.12 Å². The summed E-state index contributed by atoms with van der Waals surface area (Å²) in [5.41, 5.74) is 6.06. The minimum Gasteiger partial charge on any atom is -0.147 e. The monoisotopic (exact) mass is 412 g/mol. The van der Waals surface area contributed by atoms with Crippen LogP contribution in [0, 0.1) is 6.92 Å². The number of benzene rings is 1. The summed E-state index contributed by atoms with van der Waals surface area (Å²) in [5.74, 6) is 0. The van der Waals surface area contributed by atoms with Crippen molar-refractivity contribution < 1.29 is 23.2 Å². The molecule has 0 radical (unpaired) electrons. The second-order valence-electron chi connectivity index (χ2n) is 6.11. The van der Waals surface area contributed by atoms with E-state index in [1.54, 1.807) is 11.1 Å². The maximum absolute atomic E-state index is 2.48. The molecule has 0 aliphatic heterocycles. The molecule has 2 aliphatic rings. The summed E-state index contributed by atoms with van der Waals surface area (Å²) >= 11 is -0.617. The molecule has 22 heavy (non-hydrogen) atoms. The average molecular weight is 415 g/mol. The Morgan fingerprint density at radius 1 is 1.18 bits per heavy atom. The van der Waals surface area contributed by atoms with Crippen LogP contribution in [0.1, 0.15) is 49.8 Å². The van der Waals surface area contributed by atoms with E-state index in [2.05, 4.69) is 63.3 Å². The van der Waals surface area contributed by atoms with Gasteiger partial charge in [0.05, 0.1) is 0 Å². The third kappa shape index (κ3) is 3.86. The van der Waals surface area contributed by atoms with Crippen LogP contribution in [0.25, 0.3) is 6.08 Å². The van der Waals surface area contributed by atoms with Gasteiger partial charge in [-0.2, -0.15) is 0 Å². The molecule has 2 aliphatic carbocycles. The molecule has 0 saturated carbocycles. The Labute approximate surface area is 158 Å². The van der Waals surface area contributed by atoms with Gasteiger partial charge < -0.3 is 0 Å². The number of aryl methyl sites for hydroxylation is 1. The number of fused-ring (bicyclic) bond motifs is 1. The number of allylic oxidation sites excluding steroid dienone is 5. The number of rotatable bonds is 4. The minimum atomic E-state index is -0.617. The number of hydrogen-bond acceptors (Lipinski definition) is 0. The summed E-state index contributed by atoms with van der Waals surface area (Å²) in [4.78, 5) is 0. The standard InChI is InChI=1S/C11H11.C8H11.2ClH.Zr/c1-8-3-6-11-9(2)4-5-10(11)7-8;1-2-5-8-6-3-4-7-8;;;/h3-7H,1-2H3;3,6H,2,4-5H2,1H3;2*1H;. The van der Waals surface area contributed by atoms with Crippen molar-refractivity contribution in [2.24, 2.45) is 0 Å². The largest absolute Gasteiger partial charge is 0.147 e. The van der Waals surface area contributed by atoms with E-state index in [1.807, 2.05) is 3.28 Å². The van der Waals surface area contributed by atoms with Gasteiger partial charge >= 0.3 is 134 Å². The van der Waals surface area contributed by atoms with E-state index in [1.165, 1.54) is 30.4 Å². The predicted octanol–water partition coefficient (Wildman–Crippen LogP) is 6.18. The molecule has 3 heteroatoms. The SMILES string of the molecule is CCCC1=[C]([Zr][C]2(C)C=Cc3cc(C)ccc32)CC=C1.Cl.Cl. The van der Waals surface area contributed by atoms with Gasteiger partial charge in [0.2, 0.25) is 0 Å². The summed E-state index contributed by atoms with van der Waals surface area (Å²) in [6.07, 6.45) is 13.4. The third-order valence-corrected chi connectivity index (χ3v) is 8.70. The fourth-order valence-electron chi connectivity index (χ4n) is 3.25. The Hall–Kier alpha value is -0.0969. The summed E-state index contributed by atoms with van der Waals surface area (Å²) < 4.78 is 2.17. The number of hydrogen-bond donors (Lipinski definition) is 0. The van der Waals surface area contributed by atoms with Crippen LogP contribution in [0.3, 0.4) is 0 Å². The Balaban J connectivity index is 0.00000121. The van der Waals surface area contributed by atoms with E-state index < -0.39 is 23.2 Å². The zero-order valence-corrected chi connectivity index (χ0v) is 17.6. The molecule has 0 nitrogen and oxygen atoms in total. The quantitative estimate of drug-likeness (QED) is 0.552. The molecule has 0 fully saturated rings. The topological polar surface area (TPSA) is 0 Å². The van der Waals surface area contributed by atoms with Crippen molar-refractivity contribution >= 4 is 30.9 Å². The van der Waals surface area contributed by atoms with Crippen molar-refractivity contribution in [3.63, 3.8) is 0 Å². The van der Waals surface area contributed by atoms with Crippen molar-refractivity contribution in [2.75, 3.05) is 0 Å². The first-order valence-corrected chi connectivity index (χ1v) is 10.1. The zero-order valence-electron chi connectivity index (χ0n) is 13.5. The summed E-state index contributed by atoms with van der Waals surface area (Å²) in [6.45, 7) is 6.94. The van der Waals surface area contributed by atoms with Crippen LogP contribution in [0.4, 0.5) is 0 Å². The van der Waals surface area contributed by atoms with Gasteiger partial charge in [-0.25, -0.2) is 0 Å². The molecular weight excluding hydrogens is 390 g/mol. The third-order valence-electron chi connectivity index (χ3n) is 4.32. The van der Waals surface area contributed by atoms with Crippen LogP contribution in [0.2, 0.25) is 0 Å². The molecule has 1 atom stereocenters. The van der Waals surface area contributed by atoms with Gasteiger partial charge in [-0.3, -0.25) is 0 Å². The maximum Gasteiger partial charge on any atom is -0.147 e. The molecule has 0 spiro atoms. The Morgan fingerprint density at radius 3 is 2.68 bits per heavy atom. The van der Waals surface area contributed by atoms with E-state index in [9.17, 15) is 0 Å². The van der Waals surface area contributed by atoms with E-state index in [-0.39, 0.29) is 24.8 Å². The summed E-state index contributed by atoms with van der Waals surface area (Å²) in [6, 6.07) is 6.98. The van der Waals surface area contributed by atoms with Crippen molar-refractivity contribution in [3.05, 3.63) is 62.0 Å². The molecule has 0 amide bonds. The van der Waals surface area contributed by atoms with E-state index in [0.717, 1.165) is 0 Å². The molecule has 0 heterocycles. The first-order valence-electron chi connectivity index (χ1n) is 7.59. The van der Waals surface area contributed by atoms with E-state index in [4.69, 9.17) is 0 Å². The van der Waals surface area contributed by atoms with Gasteiger partial charge in [0.1, 0.15) is 0 Å². The van der Waals surface area contributed by atoms with Crippen LogP contribution >= 0.6 is 24.8 Å². The summed E-state index contributed by atoms with van der Waals surface area (Å²) in [7, 11) is 0.